The van der Waals surface area contributed by atoms with Crippen LogP contribution in [0, 0.1) is 5.92 Å². The Bertz CT molecular complexity index is 610. The van der Waals surface area contributed by atoms with E-state index in [-0.39, 0.29) is 24.1 Å². The van der Waals surface area contributed by atoms with E-state index in [2.05, 4.69) is 19.2 Å². The van der Waals surface area contributed by atoms with Crippen molar-refractivity contribution in [3.63, 3.8) is 0 Å². The summed E-state index contributed by atoms with van der Waals surface area (Å²) in [6.45, 7) is 14.5. The van der Waals surface area contributed by atoms with Crippen LogP contribution in [-0.4, -0.2) is 66.0 Å². The lowest BCUT2D eigenvalue weighted by atomic mass is 9.85. The summed E-state index contributed by atoms with van der Waals surface area (Å²) in [6, 6.07) is 0.680. The number of ether oxygens (including phenoxy) is 3. The molecule has 2 fully saturated rings. The van der Waals surface area contributed by atoms with Crippen LogP contribution in [0.1, 0.15) is 93.4 Å². The molecule has 1 amide bonds. The maximum atomic E-state index is 12.6. The Hall–Kier alpha value is -1.34. The Morgan fingerprint density at radius 1 is 0.969 bits per heavy atom. The second kappa shape index (κ2) is 11.2. The second-order valence-corrected chi connectivity index (χ2v) is 11.3. The van der Waals surface area contributed by atoms with E-state index in [0.717, 1.165) is 51.6 Å². The lowest BCUT2D eigenvalue weighted by Crippen LogP contribution is -2.53. The molecular weight excluding hydrogens is 408 g/mol. The van der Waals surface area contributed by atoms with Gasteiger partial charge in [0.2, 0.25) is 0 Å². The molecule has 1 saturated heterocycles. The Morgan fingerprint density at radius 2 is 1.53 bits per heavy atom. The van der Waals surface area contributed by atoms with E-state index in [1.54, 1.807) is 0 Å². The molecule has 1 saturated carbocycles. The minimum atomic E-state index is -0.658. The molecule has 0 bridgehead atoms. The molecule has 1 aliphatic carbocycles. The zero-order chi connectivity index (χ0) is 24.1. The van der Waals surface area contributed by atoms with Crippen LogP contribution < -0.4 is 5.32 Å². The second-order valence-electron chi connectivity index (χ2n) is 11.3. The quantitative estimate of drug-likeness (QED) is 0.563. The Labute approximate surface area is 194 Å². The van der Waals surface area contributed by atoms with Gasteiger partial charge in [0.15, 0.2) is 0 Å². The summed E-state index contributed by atoms with van der Waals surface area (Å²) in [7, 11) is 1.43. The standard InChI is InChI=1S/C25H46N2O5/c1-17-15-19(16-18(2)27(17)23(29)32-24(3,4)5)13-14-31-21-11-9-20(10-12-21)26-25(6,7)22(28)30-8/h17-21,26H,9-16H2,1-8H3/t17-,18?,19?,20?,21?/m1/s1. The maximum Gasteiger partial charge on any atom is 0.410 e. The highest BCUT2D eigenvalue weighted by Crippen LogP contribution is 2.32. The minimum absolute atomic E-state index is 0.179. The number of likely N-dealkylation sites (tertiary alicyclic amines) is 1. The van der Waals surface area contributed by atoms with E-state index < -0.39 is 11.1 Å². The van der Waals surface area contributed by atoms with E-state index in [4.69, 9.17) is 14.2 Å². The summed E-state index contributed by atoms with van der Waals surface area (Å²) in [6.07, 6.45) is 7.15. The average molecular weight is 455 g/mol. The van der Waals surface area contributed by atoms with Gasteiger partial charge in [0.05, 0.1) is 13.2 Å². The van der Waals surface area contributed by atoms with Gasteiger partial charge in [0.25, 0.3) is 0 Å². The van der Waals surface area contributed by atoms with Crippen molar-refractivity contribution in [3.8, 4) is 0 Å². The van der Waals surface area contributed by atoms with Crippen molar-refractivity contribution in [1.82, 2.24) is 10.2 Å². The highest BCUT2D eigenvalue weighted by atomic mass is 16.6. The number of nitrogens with zero attached hydrogens (tertiary/aromatic N) is 1. The fraction of sp³-hybridized carbons (Fsp3) is 0.920. The van der Waals surface area contributed by atoms with Crippen LogP contribution in [0.2, 0.25) is 0 Å². The smallest absolute Gasteiger partial charge is 0.410 e. The molecule has 2 aliphatic rings. The number of hydrogen-bond acceptors (Lipinski definition) is 6. The van der Waals surface area contributed by atoms with Gasteiger partial charge in [0.1, 0.15) is 11.1 Å². The number of carbonyl (C=O) groups is 2. The topological polar surface area (TPSA) is 77.1 Å². The molecule has 0 spiro atoms. The molecule has 0 aromatic carbocycles. The molecule has 32 heavy (non-hydrogen) atoms. The third-order valence-electron chi connectivity index (χ3n) is 6.72. The summed E-state index contributed by atoms with van der Waals surface area (Å²) in [5, 5.41) is 3.44. The van der Waals surface area contributed by atoms with Crippen molar-refractivity contribution in [2.75, 3.05) is 13.7 Å². The van der Waals surface area contributed by atoms with Crippen LogP contribution in [-0.2, 0) is 19.0 Å². The number of hydrogen-bond donors (Lipinski definition) is 1. The van der Waals surface area contributed by atoms with Crippen LogP contribution in [0.25, 0.3) is 0 Å². The lowest BCUT2D eigenvalue weighted by molar-refractivity contribution is -0.147. The van der Waals surface area contributed by atoms with Crippen LogP contribution in [0.15, 0.2) is 0 Å². The summed E-state index contributed by atoms with van der Waals surface area (Å²) in [5.74, 6) is 0.342. The zero-order valence-corrected chi connectivity index (χ0v) is 21.5. The van der Waals surface area contributed by atoms with E-state index >= 15 is 0 Å². The Kier molecular flexibility index (Phi) is 9.41. The summed E-state index contributed by atoms with van der Waals surface area (Å²) in [5.41, 5.74) is -1.13. The van der Waals surface area contributed by atoms with Crippen molar-refractivity contribution in [2.45, 2.75) is 129 Å². The fourth-order valence-electron chi connectivity index (χ4n) is 5.23. The van der Waals surface area contributed by atoms with Gasteiger partial charge in [-0.3, -0.25) is 10.1 Å². The SMILES string of the molecule is COC(=O)C(C)(C)NC1CCC(OCCC2CC(C)N(C(=O)OC(C)(C)C)[C@H](C)C2)CC1. The van der Waals surface area contributed by atoms with Gasteiger partial charge in [-0.1, -0.05) is 0 Å². The number of esters is 1. The van der Waals surface area contributed by atoms with E-state index in [1.807, 2.05) is 39.5 Å². The number of rotatable bonds is 7. The first-order valence-electron chi connectivity index (χ1n) is 12.3. The summed E-state index contributed by atoms with van der Waals surface area (Å²) < 4.78 is 16.7. The predicted molar refractivity (Wildman–Crippen MR) is 126 cm³/mol. The van der Waals surface area contributed by atoms with Gasteiger partial charge < -0.3 is 19.1 Å². The van der Waals surface area contributed by atoms with Gasteiger partial charge in [-0.05, 0) is 99.3 Å². The summed E-state index contributed by atoms with van der Waals surface area (Å²) in [4.78, 5) is 26.4. The highest BCUT2D eigenvalue weighted by molar-refractivity contribution is 5.79. The average Bonchev–Trinajstić information content (AvgIpc) is 2.66. The maximum absolute atomic E-state index is 12.6. The van der Waals surface area contributed by atoms with Crippen molar-refractivity contribution in [3.05, 3.63) is 0 Å². The minimum Gasteiger partial charge on any atom is -0.468 e. The van der Waals surface area contributed by atoms with Crippen molar-refractivity contribution in [1.29, 1.82) is 0 Å². The third kappa shape index (κ3) is 7.91. The van der Waals surface area contributed by atoms with Gasteiger partial charge in [-0.2, -0.15) is 0 Å². The van der Waals surface area contributed by atoms with Gasteiger partial charge in [-0.25, -0.2) is 4.79 Å². The number of piperidine rings is 1. The molecule has 0 radical (unpaired) electrons. The molecule has 2 rings (SSSR count). The molecule has 0 aromatic rings. The van der Waals surface area contributed by atoms with Crippen molar-refractivity contribution < 1.29 is 23.8 Å². The molecule has 7 nitrogen and oxygen atoms in total. The van der Waals surface area contributed by atoms with Crippen LogP contribution in [0.5, 0.6) is 0 Å². The molecule has 1 aliphatic heterocycles. The van der Waals surface area contributed by atoms with Crippen LogP contribution in [0.3, 0.4) is 0 Å². The molecule has 186 valence electrons. The molecular formula is C25H46N2O5. The van der Waals surface area contributed by atoms with Gasteiger partial charge >= 0.3 is 12.1 Å². The van der Waals surface area contributed by atoms with Crippen LogP contribution in [0.4, 0.5) is 4.79 Å². The molecule has 1 heterocycles. The monoisotopic (exact) mass is 454 g/mol. The molecule has 2 unspecified atom stereocenters. The van der Waals surface area contributed by atoms with E-state index in [1.165, 1.54) is 7.11 Å². The first kappa shape index (κ1) is 26.9. The highest BCUT2D eigenvalue weighted by Gasteiger charge is 2.37. The first-order chi connectivity index (χ1) is 14.8. The Morgan fingerprint density at radius 3 is 2.03 bits per heavy atom. The largest absolute Gasteiger partial charge is 0.468 e. The van der Waals surface area contributed by atoms with Crippen molar-refractivity contribution >= 4 is 12.1 Å². The first-order valence-corrected chi connectivity index (χ1v) is 12.3. The third-order valence-corrected chi connectivity index (χ3v) is 6.72. The molecule has 0 aromatic heterocycles. The fourth-order valence-corrected chi connectivity index (χ4v) is 5.23. The summed E-state index contributed by atoms with van der Waals surface area (Å²) >= 11 is 0. The number of nitrogens with one attached hydrogen (secondary N) is 1. The lowest BCUT2D eigenvalue weighted by Gasteiger charge is -2.43. The van der Waals surface area contributed by atoms with E-state index in [9.17, 15) is 9.59 Å². The van der Waals surface area contributed by atoms with Gasteiger partial charge in [-0.15, -0.1) is 0 Å². The molecule has 3 atom stereocenters. The van der Waals surface area contributed by atoms with Crippen LogP contribution >= 0.6 is 0 Å². The van der Waals surface area contributed by atoms with Gasteiger partial charge in [0, 0.05) is 24.7 Å². The van der Waals surface area contributed by atoms with Crippen molar-refractivity contribution in [2.24, 2.45) is 5.92 Å². The Balaban J connectivity index is 1.70. The zero-order valence-electron chi connectivity index (χ0n) is 21.5. The molecule has 7 heteroatoms. The number of amides is 1. The number of methoxy groups -OCH3 is 1. The molecule has 1 N–H and O–H groups in total. The number of carbonyl (C=O) groups excluding carboxylic acids is 2. The van der Waals surface area contributed by atoms with E-state index in [0.29, 0.717) is 18.1 Å². The normalized spacial score (nSPS) is 29.5. The predicted octanol–water partition coefficient (Wildman–Crippen LogP) is 4.67.